The van der Waals surface area contributed by atoms with Crippen molar-refractivity contribution in [2.75, 3.05) is 12.4 Å². The van der Waals surface area contributed by atoms with Gasteiger partial charge in [0.1, 0.15) is 5.82 Å². The van der Waals surface area contributed by atoms with Crippen molar-refractivity contribution in [3.63, 3.8) is 0 Å². The van der Waals surface area contributed by atoms with E-state index in [0.29, 0.717) is 11.4 Å². The van der Waals surface area contributed by atoms with Gasteiger partial charge < -0.3 is 5.32 Å². The molecule has 0 saturated carbocycles. The molecule has 4 heteroatoms. The number of halogens is 2. The summed E-state index contributed by atoms with van der Waals surface area (Å²) in [7, 11) is 1.72. The Morgan fingerprint density at radius 2 is 2.00 bits per heavy atom. The first-order valence-corrected chi connectivity index (χ1v) is 3.99. The van der Waals surface area contributed by atoms with E-state index >= 15 is 0 Å². The van der Waals surface area contributed by atoms with Gasteiger partial charge in [-0.1, -0.05) is 19.9 Å². The Kier molecular flexibility index (Phi) is 4.70. The molecule has 0 amide bonds. The summed E-state index contributed by atoms with van der Waals surface area (Å²) in [5, 5.41) is 2.78. The van der Waals surface area contributed by atoms with Gasteiger partial charge in [-0.25, -0.2) is 4.98 Å². The van der Waals surface area contributed by atoms with E-state index in [9.17, 15) is 4.39 Å². The average molecular weight is 205 g/mol. The third-order valence-corrected chi connectivity index (χ3v) is 1.76. The van der Waals surface area contributed by atoms with Crippen LogP contribution in [-0.2, 0) is 0 Å². The lowest BCUT2D eigenvalue weighted by atomic mass is 10.1. The molecule has 74 valence electrons. The van der Waals surface area contributed by atoms with Crippen LogP contribution in [0.5, 0.6) is 0 Å². The molecule has 0 bridgehead atoms. The van der Waals surface area contributed by atoms with Crippen LogP contribution in [-0.4, -0.2) is 12.0 Å². The van der Waals surface area contributed by atoms with Crippen LogP contribution in [0.25, 0.3) is 0 Å². The van der Waals surface area contributed by atoms with Crippen LogP contribution in [0.15, 0.2) is 12.1 Å². The van der Waals surface area contributed by atoms with Crippen LogP contribution in [0.2, 0.25) is 0 Å². The number of rotatable bonds is 2. The molecular weight excluding hydrogens is 191 g/mol. The fraction of sp³-hybridized carbons (Fsp3) is 0.444. The quantitative estimate of drug-likeness (QED) is 0.750. The van der Waals surface area contributed by atoms with Gasteiger partial charge in [-0.05, 0) is 12.0 Å². The Bertz CT molecular complexity index is 276. The normalized spacial score (nSPS) is 9.62. The molecule has 0 saturated heterocycles. The Morgan fingerprint density at radius 3 is 2.38 bits per heavy atom. The highest BCUT2D eigenvalue weighted by Gasteiger charge is 2.07. The third-order valence-electron chi connectivity index (χ3n) is 1.76. The van der Waals surface area contributed by atoms with Gasteiger partial charge in [0, 0.05) is 12.6 Å². The van der Waals surface area contributed by atoms with E-state index in [4.69, 9.17) is 0 Å². The number of aromatic nitrogens is 1. The monoisotopic (exact) mass is 204 g/mol. The van der Waals surface area contributed by atoms with Crippen molar-refractivity contribution in [1.82, 2.24) is 4.98 Å². The van der Waals surface area contributed by atoms with Crippen LogP contribution < -0.4 is 5.32 Å². The number of nitrogens with one attached hydrogen (secondary N) is 1. The lowest BCUT2D eigenvalue weighted by Crippen LogP contribution is -1.99. The first kappa shape index (κ1) is 12.2. The lowest BCUT2D eigenvalue weighted by molar-refractivity contribution is 0.558. The zero-order valence-corrected chi connectivity index (χ0v) is 8.78. The second-order valence-corrected chi connectivity index (χ2v) is 2.98. The zero-order chi connectivity index (χ0) is 9.14. The van der Waals surface area contributed by atoms with Crippen molar-refractivity contribution in [3.05, 3.63) is 23.6 Å². The Morgan fingerprint density at radius 1 is 1.38 bits per heavy atom. The van der Waals surface area contributed by atoms with Gasteiger partial charge in [0.15, 0.2) is 0 Å². The Balaban J connectivity index is 0.00000144. The van der Waals surface area contributed by atoms with Crippen molar-refractivity contribution in [1.29, 1.82) is 0 Å². The molecule has 0 spiro atoms. The van der Waals surface area contributed by atoms with Gasteiger partial charge in [0.05, 0.1) is 0 Å². The van der Waals surface area contributed by atoms with Crippen molar-refractivity contribution in [2.24, 2.45) is 0 Å². The molecular formula is C9H14ClFN2. The molecule has 0 fully saturated rings. The van der Waals surface area contributed by atoms with Gasteiger partial charge in [-0.2, -0.15) is 4.39 Å². The van der Waals surface area contributed by atoms with Gasteiger partial charge in [0.25, 0.3) is 0 Å². The second kappa shape index (κ2) is 5.02. The fourth-order valence-corrected chi connectivity index (χ4v) is 1.01. The van der Waals surface area contributed by atoms with E-state index < -0.39 is 0 Å². The van der Waals surface area contributed by atoms with Crippen molar-refractivity contribution >= 4 is 18.2 Å². The summed E-state index contributed by atoms with van der Waals surface area (Å²) in [5.74, 6) is 0.372. The van der Waals surface area contributed by atoms with Gasteiger partial charge in [-0.15, -0.1) is 12.4 Å². The van der Waals surface area contributed by atoms with Gasteiger partial charge in [0.2, 0.25) is 5.95 Å². The lowest BCUT2D eigenvalue weighted by Gasteiger charge is -2.06. The first-order valence-electron chi connectivity index (χ1n) is 3.99. The third kappa shape index (κ3) is 2.84. The summed E-state index contributed by atoms with van der Waals surface area (Å²) >= 11 is 0. The Hall–Kier alpha value is -0.830. The van der Waals surface area contributed by atoms with E-state index in [1.807, 2.05) is 13.8 Å². The van der Waals surface area contributed by atoms with Crippen LogP contribution in [0.3, 0.4) is 0 Å². The second-order valence-electron chi connectivity index (χ2n) is 2.98. The molecule has 0 aromatic carbocycles. The first-order chi connectivity index (χ1) is 5.65. The van der Waals surface area contributed by atoms with Crippen molar-refractivity contribution in [3.8, 4) is 0 Å². The molecule has 1 aromatic heterocycles. The number of pyridine rings is 1. The van der Waals surface area contributed by atoms with E-state index in [-0.39, 0.29) is 24.3 Å². The van der Waals surface area contributed by atoms with E-state index in [1.165, 1.54) is 0 Å². The zero-order valence-electron chi connectivity index (χ0n) is 7.97. The molecule has 0 unspecified atom stereocenters. The summed E-state index contributed by atoms with van der Waals surface area (Å²) in [4.78, 5) is 3.74. The van der Waals surface area contributed by atoms with Crippen LogP contribution in [0, 0.1) is 5.95 Å². The SMILES string of the molecule is CNc1ccc(C(C)C)c(F)n1.Cl. The summed E-state index contributed by atoms with van der Waals surface area (Å²) in [6.07, 6.45) is 0. The molecule has 0 aliphatic rings. The average Bonchev–Trinajstić information content (AvgIpc) is 2.03. The minimum Gasteiger partial charge on any atom is -0.373 e. The summed E-state index contributed by atoms with van der Waals surface area (Å²) in [5.41, 5.74) is 0.661. The molecule has 0 atom stereocenters. The highest BCUT2D eigenvalue weighted by Crippen LogP contribution is 2.18. The van der Waals surface area contributed by atoms with E-state index in [0.717, 1.165) is 0 Å². The summed E-state index contributed by atoms with van der Waals surface area (Å²) in [6.45, 7) is 3.89. The molecule has 1 rings (SSSR count). The maximum atomic E-state index is 13.1. The predicted molar refractivity (Wildman–Crippen MR) is 55.1 cm³/mol. The molecule has 13 heavy (non-hydrogen) atoms. The van der Waals surface area contributed by atoms with Gasteiger partial charge in [-0.3, -0.25) is 0 Å². The molecule has 1 aromatic rings. The fourth-order valence-electron chi connectivity index (χ4n) is 1.01. The van der Waals surface area contributed by atoms with Crippen molar-refractivity contribution < 1.29 is 4.39 Å². The topological polar surface area (TPSA) is 24.9 Å². The number of hydrogen-bond acceptors (Lipinski definition) is 2. The van der Waals surface area contributed by atoms with Crippen LogP contribution in [0.1, 0.15) is 25.3 Å². The minimum absolute atomic E-state index is 0. The van der Waals surface area contributed by atoms with E-state index in [2.05, 4.69) is 10.3 Å². The van der Waals surface area contributed by atoms with Crippen LogP contribution >= 0.6 is 12.4 Å². The summed E-state index contributed by atoms with van der Waals surface area (Å²) < 4.78 is 13.1. The maximum Gasteiger partial charge on any atom is 0.218 e. The van der Waals surface area contributed by atoms with E-state index in [1.54, 1.807) is 19.2 Å². The number of nitrogens with zero attached hydrogens (tertiary/aromatic N) is 1. The summed E-state index contributed by atoms with van der Waals surface area (Å²) in [6, 6.07) is 3.54. The number of hydrogen-bond donors (Lipinski definition) is 1. The molecule has 0 aliphatic heterocycles. The molecule has 0 aliphatic carbocycles. The minimum atomic E-state index is -0.378. The predicted octanol–water partition coefficient (Wildman–Crippen LogP) is 2.81. The molecule has 1 N–H and O–H groups in total. The smallest absolute Gasteiger partial charge is 0.218 e. The van der Waals surface area contributed by atoms with Crippen molar-refractivity contribution in [2.45, 2.75) is 19.8 Å². The largest absolute Gasteiger partial charge is 0.373 e. The molecule has 2 nitrogen and oxygen atoms in total. The number of anilines is 1. The maximum absolute atomic E-state index is 13.1. The molecule has 1 heterocycles. The standard InChI is InChI=1S/C9H13FN2.ClH/c1-6(2)7-4-5-8(11-3)12-9(7)10;/h4-6H,1-3H3,(H,11,12);1H. The molecule has 0 radical (unpaired) electrons. The highest BCUT2D eigenvalue weighted by molar-refractivity contribution is 5.85. The van der Waals surface area contributed by atoms with Gasteiger partial charge >= 0.3 is 0 Å². The highest BCUT2D eigenvalue weighted by atomic mass is 35.5. The van der Waals surface area contributed by atoms with Crippen LogP contribution in [0.4, 0.5) is 10.2 Å². The Labute approximate surface area is 84.0 Å².